The average molecular weight is 501 g/mol. The zero-order valence-electron chi connectivity index (χ0n) is 22.0. The van der Waals surface area contributed by atoms with Crippen LogP contribution in [0.4, 0.5) is 0 Å². The fourth-order valence-electron chi connectivity index (χ4n) is 6.26. The van der Waals surface area contributed by atoms with E-state index in [-0.39, 0.29) is 0 Å². The monoisotopic (exact) mass is 500 g/mol. The van der Waals surface area contributed by atoms with E-state index in [1.807, 2.05) is 6.07 Å². The molecule has 0 saturated heterocycles. The summed E-state index contributed by atoms with van der Waals surface area (Å²) in [6, 6.07) is 21.9. The molecule has 3 aromatic carbocycles. The summed E-state index contributed by atoms with van der Waals surface area (Å²) in [4.78, 5) is 17.3. The SMILES string of the molecule is COc1ccc2c3c([nH]c2c1)C(Cc1ccccc1CCC1=NCCc2c1[nH]c1cc(C)ccc21)=NCC3. The highest BCUT2D eigenvalue weighted by Crippen LogP contribution is 2.31. The lowest BCUT2D eigenvalue weighted by Crippen LogP contribution is -2.16. The van der Waals surface area contributed by atoms with E-state index >= 15 is 0 Å². The average Bonchev–Trinajstić information content (AvgIpc) is 3.50. The fourth-order valence-corrected chi connectivity index (χ4v) is 6.26. The lowest BCUT2D eigenvalue weighted by Gasteiger charge is -2.17. The Balaban J connectivity index is 1.15. The molecule has 7 rings (SSSR count). The minimum Gasteiger partial charge on any atom is -0.497 e. The molecule has 0 fully saturated rings. The van der Waals surface area contributed by atoms with Gasteiger partial charge in [-0.05, 0) is 78.6 Å². The standard InChI is InChI=1S/C33H32N4O/c1-20-7-10-24-26-13-15-34-28(32(26)36-29(24)17-20)12-8-21-5-3-4-6-22(21)18-31-33-27(14-16-35-31)25-11-9-23(38-2)19-30(25)37-33/h3-7,9-11,17,19,36-37H,8,12-16,18H2,1-2H3. The van der Waals surface area contributed by atoms with Crippen LogP contribution in [0.1, 0.15) is 45.6 Å². The van der Waals surface area contributed by atoms with E-state index in [4.69, 9.17) is 14.7 Å². The van der Waals surface area contributed by atoms with Crippen molar-refractivity contribution in [2.24, 2.45) is 9.98 Å². The molecule has 0 saturated carbocycles. The van der Waals surface area contributed by atoms with Crippen molar-refractivity contribution in [2.75, 3.05) is 20.2 Å². The van der Waals surface area contributed by atoms with Gasteiger partial charge in [0.25, 0.3) is 0 Å². The van der Waals surface area contributed by atoms with Crippen LogP contribution in [0.2, 0.25) is 0 Å². The summed E-state index contributed by atoms with van der Waals surface area (Å²) in [7, 11) is 1.71. The van der Waals surface area contributed by atoms with E-state index in [1.54, 1.807) is 7.11 Å². The third-order valence-corrected chi connectivity index (χ3v) is 8.19. The first-order valence-corrected chi connectivity index (χ1v) is 13.6. The fraction of sp³-hybridized carbons (Fsp3) is 0.273. The molecule has 4 heterocycles. The summed E-state index contributed by atoms with van der Waals surface area (Å²) in [5.41, 5.74) is 13.9. The zero-order valence-corrected chi connectivity index (χ0v) is 22.0. The number of aliphatic imine (C=N–C) groups is 2. The van der Waals surface area contributed by atoms with Gasteiger partial charge >= 0.3 is 0 Å². The lowest BCUT2D eigenvalue weighted by atomic mass is 9.92. The number of aromatic amines is 2. The summed E-state index contributed by atoms with van der Waals surface area (Å²) in [5, 5.41) is 2.63. The maximum absolute atomic E-state index is 5.45. The number of nitrogens with one attached hydrogen (secondary N) is 2. The molecule has 2 aromatic heterocycles. The van der Waals surface area contributed by atoms with Crippen LogP contribution < -0.4 is 4.74 Å². The molecule has 5 aromatic rings. The molecule has 0 amide bonds. The van der Waals surface area contributed by atoms with Gasteiger partial charge in [-0.1, -0.05) is 36.4 Å². The van der Waals surface area contributed by atoms with Gasteiger partial charge in [0.1, 0.15) is 5.75 Å². The quantitative estimate of drug-likeness (QED) is 0.273. The van der Waals surface area contributed by atoms with Crippen molar-refractivity contribution in [3.8, 4) is 5.75 Å². The number of rotatable bonds is 6. The van der Waals surface area contributed by atoms with Crippen molar-refractivity contribution in [3.05, 3.63) is 99.9 Å². The Morgan fingerprint density at radius 2 is 1.39 bits per heavy atom. The second-order valence-corrected chi connectivity index (χ2v) is 10.5. The molecule has 190 valence electrons. The summed E-state index contributed by atoms with van der Waals surface area (Å²) in [5.74, 6) is 0.874. The number of ether oxygens (including phenoxy) is 1. The van der Waals surface area contributed by atoms with Crippen molar-refractivity contribution < 1.29 is 4.74 Å². The Bertz CT molecular complexity index is 1750. The van der Waals surface area contributed by atoms with Crippen LogP contribution in [-0.4, -0.2) is 41.6 Å². The number of aromatic nitrogens is 2. The zero-order chi connectivity index (χ0) is 25.6. The Hall–Kier alpha value is -4.12. The number of hydrogen-bond donors (Lipinski definition) is 2. The van der Waals surface area contributed by atoms with Crippen molar-refractivity contribution in [1.82, 2.24) is 9.97 Å². The van der Waals surface area contributed by atoms with Crippen LogP contribution in [0.15, 0.2) is 70.6 Å². The highest BCUT2D eigenvalue weighted by molar-refractivity contribution is 6.08. The van der Waals surface area contributed by atoms with Crippen LogP contribution in [0.3, 0.4) is 0 Å². The molecule has 0 atom stereocenters. The smallest absolute Gasteiger partial charge is 0.120 e. The van der Waals surface area contributed by atoms with Crippen molar-refractivity contribution in [3.63, 3.8) is 0 Å². The predicted molar refractivity (Wildman–Crippen MR) is 157 cm³/mol. The second kappa shape index (κ2) is 9.32. The highest BCUT2D eigenvalue weighted by Gasteiger charge is 2.22. The van der Waals surface area contributed by atoms with Gasteiger partial charge in [0.05, 0.1) is 29.9 Å². The van der Waals surface area contributed by atoms with Gasteiger partial charge in [-0.3, -0.25) is 9.98 Å². The molecule has 2 aliphatic heterocycles. The number of benzene rings is 3. The third-order valence-electron chi connectivity index (χ3n) is 8.19. The second-order valence-electron chi connectivity index (χ2n) is 10.5. The Labute approximate surface area is 222 Å². The molecule has 5 heteroatoms. The maximum atomic E-state index is 5.45. The molecular weight excluding hydrogens is 468 g/mol. The minimum atomic E-state index is 0.830. The van der Waals surface area contributed by atoms with Crippen molar-refractivity contribution in [1.29, 1.82) is 0 Å². The van der Waals surface area contributed by atoms with Gasteiger partial charge in [-0.2, -0.15) is 0 Å². The van der Waals surface area contributed by atoms with Crippen LogP contribution >= 0.6 is 0 Å². The lowest BCUT2D eigenvalue weighted by molar-refractivity contribution is 0.415. The van der Waals surface area contributed by atoms with E-state index in [2.05, 4.69) is 71.5 Å². The Morgan fingerprint density at radius 1 is 0.737 bits per heavy atom. The van der Waals surface area contributed by atoms with Crippen LogP contribution in [-0.2, 0) is 25.7 Å². The highest BCUT2D eigenvalue weighted by atomic mass is 16.5. The van der Waals surface area contributed by atoms with Crippen molar-refractivity contribution in [2.45, 2.75) is 39.0 Å². The molecule has 5 nitrogen and oxygen atoms in total. The molecule has 0 radical (unpaired) electrons. The molecule has 2 N–H and O–H groups in total. The maximum Gasteiger partial charge on any atom is 0.120 e. The predicted octanol–water partition coefficient (Wildman–Crippen LogP) is 6.53. The Morgan fingerprint density at radius 3 is 2.16 bits per heavy atom. The molecule has 0 aliphatic carbocycles. The molecule has 0 unspecified atom stereocenters. The van der Waals surface area contributed by atoms with E-state index in [0.29, 0.717) is 0 Å². The first kappa shape index (κ1) is 23.0. The van der Waals surface area contributed by atoms with Crippen molar-refractivity contribution >= 4 is 33.2 Å². The summed E-state index contributed by atoms with van der Waals surface area (Å²) in [6.07, 6.45) is 4.71. The molecule has 38 heavy (non-hydrogen) atoms. The first-order valence-electron chi connectivity index (χ1n) is 13.6. The number of H-pyrrole nitrogens is 2. The van der Waals surface area contributed by atoms with E-state index in [1.165, 1.54) is 61.2 Å². The van der Waals surface area contributed by atoms with Gasteiger partial charge in [0.15, 0.2) is 0 Å². The largest absolute Gasteiger partial charge is 0.497 e. The number of methoxy groups -OCH3 is 1. The van der Waals surface area contributed by atoms with Gasteiger partial charge in [-0.15, -0.1) is 0 Å². The molecule has 0 spiro atoms. The molecular formula is C33H32N4O. The first-order chi connectivity index (χ1) is 18.7. The number of fused-ring (bicyclic) bond motifs is 6. The third kappa shape index (κ3) is 3.94. The number of nitrogens with zero attached hydrogens (tertiary/aromatic N) is 2. The molecule has 2 aliphatic rings. The van der Waals surface area contributed by atoms with Gasteiger partial charge in [-0.25, -0.2) is 0 Å². The van der Waals surface area contributed by atoms with Gasteiger partial charge in [0, 0.05) is 47.4 Å². The number of aryl methyl sites for hydroxylation is 2. The summed E-state index contributed by atoms with van der Waals surface area (Å²) < 4.78 is 5.45. The van der Waals surface area contributed by atoms with E-state index in [0.717, 1.165) is 62.2 Å². The van der Waals surface area contributed by atoms with E-state index in [9.17, 15) is 0 Å². The summed E-state index contributed by atoms with van der Waals surface area (Å²) >= 11 is 0. The van der Waals surface area contributed by atoms with Crippen LogP contribution in [0, 0.1) is 6.92 Å². The summed E-state index contributed by atoms with van der Waals surface area (Å²) in [6.45, 7) is 3.86. The van der Waals surface area contributed by atoms with Gasteiger partial charge in [0.2, 0.25) is 0 Å². The van der Waals surface area contributed by atoms with Gasteiger partial charge < -0.3 is 14.7 Å². The number of hydrogen-bond acceptors (Lipinski definition) is 3. The van der Waals surface area contributed by atoms with E-state index < -0.39 is 0 Å². The topological polar surface area (TPSA) is 65.5 Å². The van der Waals surface area contributed by atoms with Crippen LogP contribution in [0.25, 0.3) is 21.8 Å². The Kier molecular flexibility index (Phi) is 5.65. The molecule has 0 bridgehead atoms. The van der Waals surface area contributed by atoms with Crippen LogP contribution in [0.5, 0.6) is 5.75 Å². The minimum absolute atomic E-state index is 0.830. The normalized spacial score (nSPS) is 14.8.